The van der Waals surface area contributed by atoms with Gasteiger partial charge in [0, 0.05) is 30.6 Å². The predicted molar refractivity (Wildman–Crippen MR) is 88.4 cm³/mol. The van der Waals surface area contributed by atoms with E-state index in [-0.39, 0.29) is 10.6 Å². The molecule has 1 atom stereocenters. The second-order valence-electron chi connectivity index (χ2n) is 5.34. The number of pyridine rings is 1. The molecule has 1 aliphatic heterocycles. The van der Waals surface area contributed by atoms with Crippen molar-refractivity contribution in [2.75, 3.05) is 11.6 Å². The number of carbonyl (C=O) groups is 1. The Labute approximate surface area is 139 Å². The summed E-state index contributed by atoms with van der Waals surface area (Å²) in [5.41, 5.74) is 1.63. The summed E-state index contributed by atoms with van der Waals surface area (Å²) in [5.74, 6) is -0.450. The molecule has 1 aromatic heterocycles. The molecule has 0 saturated heterocycles. The largest absolute Gasteiger partial charge is 0.382 e. The van der Waals surface area contributed by atoms with Crippen molar-refractivity contribution in [2.45, 2.75) is 17.4 Å². The molecule has 24 heavy (non-hydrogen) atoms. The zero-order valence-corrected chi connectivity index (χ0v) is 13.7. The monoisotopic (exact) mass is 345 g/mol. The number of oxime groups is 1. The lowest BCUT2D eigenvalue weighted by Crippen LogP contribution is -2.28. The van der Waals surface area contributed by atoms with E-state index in [0.717, 1.165) is 11.8 Å². The summed E-state index contributed by atoms with van der Waals surface area (Å²) in [7, 11) is -3.45. The first kappa shape index (κ1) is 16.1. The summed E-state index contributed by atoms with van der Waals surface area (Å²) in [4.78, 5) is 21.6. The van der Waals surface area contributed by atoms with Crippen LogP contribution in [0.1, 0.15) is 12.0 Å². The maximum absolute atomic E-state index is 12.4. The number of hydrogen-bond acceptors (Lipinski definition) is 6. The zero-order chi connectivity index (χ0) is 17.2. The second-order valence-corrected chi connectivity index (χ2v) is 7.32. The predicted octanol–water partition coefficient (Wildman–Crippen LogP) is 1.62. The van der Waals surface area contributed by atoms with E-state index < -0.39 is 21.8 Å². The molecule has 0 saturated carbocycles. The van der Waals surface area contributed by atoms with Gasteiger partial charge in [-0.25, -0.2) is 8.42 Å². The molecular formula is C16H15N3O4S. The van der Waals surface area contributed by atoms with Gasteiger partial charge in [-0.05, 0) is 24.3 Å². The summed E-state index contributed by atoms with van der Waals surface area (Å²) in [6.07, 6.45) is 3.85. The Morgan fingerprint density at radius 2 is 2.04 bits per heavy atom. The van der Waals surface area contributed by atoms with Crippen molar-refractivity contribution in [3.8, 4) is 0 Å². The average Bonchev–Trinajstić information content (AvgIpc) is 3.05. The molecule has 3 rings (SSSR count). The van der Waals surface area contributed by atoms with Crippen molar-refractivity contribution in [1.82, 2.24) is 4.98 Å². The van der Waals surface area contributed by atoms with Crippen LogP contribution in [-0.4, -0.2) is 37.4 Å². The molecule has 2 heterocycles. The van der Waals surface area contributed by atoms with Gasteiger partial charge in [-0.2, -0.15) is 0 Å². The highest BCUT2D eigenvalue weighted by Crippen LogP contribution is 2.23. The van der Waals surface area contributed by atoms with E-state index >= 15 is 0 Å². The average molecular weight is 345 g/mol. The Kier molecular flexibility index (Phi) is 4.30. The summed E-state index contributed by atoms with van der Waals surface area (Å²) in [6, 6.07) is 9.82. The number of carbonyl (C=O) groups excluding carboxylic acids is 1. The van der Waals surface area contributed by atoms with E-state index in [4.69, 9.17) is 4.84 Å². The normalized spacial score (nSPS) is 17.0. The van der Waals surface area contributed by atoms with E-state index in [1.165, 1.54) is 12.1 Å². The Balaban J connectivity index is 1.72. The third-order valence-corrected chi connectivity index (χ3v) is 4.66. The minimum Gasteiger partial charge on any atom is -0.382 e. The second kappa shape index (κ2) is 6.40. The number of aromatic nitrogens is 1. The lowest BCUT2D eigenvalue weighted by Gasteiger charge is -2.12. The minimum absolute atomic E-state index is 0.0600. The summed E-state index contributed by atoms with van der Waals surface area (Å²) in [6.45, 7) is 0. The van der Waals surface area contributed by atoms with E-state index in [9.17, 15) is 13.2 Å². The molecule has 2 aromatic rings. The number of sulfone groups is 1. The molecule has 1 N–H and O–H groups in total. The number of para-hydroxylation sites is 1. The summed E-state index contributed by atoms with van der Waals surface area (Å²) >= 11 is 0. The molecule has 0 unspecified atom stereocenters. The van der Waals surface area contributed by atoms with Gasteiger partial charge in [0.1, 0.15) is 0 Å². The topological polar surface area (TPSA) is 97.7 Å². The molecule has 1 aliphatic rings. The van der Waals surface area contributed by atoms with Crippen molar-refractivity contribution >= 4 is 27.1 Å². The highest BCUT2D eigenvalue weighted by Gasteiger charge is 2.29. The minimum atomic E-state index is -3.45. The molecule has 0 bridgehead atoms. The number of nitrogens with zero attached hydrogens (tertiary/aromatic N) is 2. The SMILES string of the molecule is CS(=O)(=O)c1ccccc1NC(=O)[C@@H]1CC(c2cccnc2)=NO1. The highest BCUT2D eigenvalue weighted by molar-refractivity contribution is 7.90. The molecule has 0 spiro atoms. The highest BCUT2D eigenvalue weighted by atomic mass is 32.2. The maximum Gasteiger partial charge on any atom is 0.268 e. The number of rotatable bonds is 4. The summed E-state index contributed by atoms with van der Waals surface area (Å²) < 4.78 is 23.6. The molecule has 0 radical (unpaired) electrons. The quantitative estimate of drug-likeness (QED) is 0.908. The first-order chi connectivity index (χ1) is 11.4. The Bertz CT molecular complexity index is 895. The lowest BCUT2D eigenvalue weighted by atomic mass is 10.1. The van der Waals surface area contributed by atoms with Gasteiger partial charge in [-0.15, -0.1) is 0 Å². The molecule has 8 heteroatoms. The first-order valence-corrected chi connectivity index (χ1v) is 9.07. The smallest absolute Gasteiger partial charge is 0.268 e. The fourth-order valence-electron chi connectivity index (χ4n) is 2.33. The number of nitrogens with one attached hydrogen (secondary N) is 1. The van der Waals surface area contributed by atoms with Crippen LogP contribution in [0, 0.1) is 0 Å². The van der Waals surface area contributed by atoms with Gasteiger partial charge in [-0.1, -0.05) is 17.3 Å². The van der Waals surface area contributed by atoms with Gasteiger partial charge in [0.25, 0.3) is 5.91 Å². The third-order valence-electron chi connectivity index (χ3n) is 3.50. The molecule has 7 nitrogen and oxygen atoms in total. The molecular weight excluding hydrogens is 330 g/mol. The van der Waals surface area contributed by atoms with E-state index in [2.05, 4.69) is 15.5 Å². The van der Waals surface area contributed by atoms with Crippen LogP contribution >= 0.6 is 0 Å². The zero-order valence-electron chi connectivity index (χ0n) is 12.8. The Morgan fingerprint density at radius 3 is 2.75 bits per heavy atom. The van der Waals surface area contributed by atoms with Crippen molar-refractivity contribution < 1.29 is 18.0 Å². The van der Waals surface area contributed by atoms with Gasteiger partial charge in [-0.3, -0.25) is 9.78 Å². The van der Waals surface area contributed by atoms with E-state index in [0.29, 0.717) is 12.1 Å². The molecule has 0 aliphatic carbocycles. The molecule has 0 fully saturated rings. The van der Waals surface area contributed by atoms with Crippen LogP contribution < -0.4 is 5.32 Å². The van der Waals surface area contributed by atoms with Gasteiger partial charge < -0.3 is 10.2 Å². The van der Waals surface area contributed by atoms with Crippen molar-refractivity contribution in [3.63, 3.8) is 0 Å². The van der Waals surface area contributed by atoms with Crippen molar-refractivity contribution in [2.24, 2.45) is 5.16 Å². The number of benzene rings is 1. The standard InChI is InChI=1S/C16H15N3O4S/c1-24(21,22)15-7-3-2-6-12(15)18-16(20)14-9-13(19-23-14)11-5-4-8-17-10-11/h2-8,10,14H,9H2,1H3,(H,18,20)/t14-/m0/s1. The maximum atomic E-state index is 12.4. The van der Waals surface area contributed by atoms with Crippen molar-refractivity contribution in [1.29, 1.82) is 0 Å². The third kappa shape index (κ3) is 3.43. The van der Waals surface area contributed by atoms with Crippen LogP contribution in [0.2, 0.25) is 0 Å². The van der Waals surface area contributed by atoms with E-state index in [1.54, 1.807) is 30.6 Å². The fourth-order valence-corrected chi connectivity index (χ4v) is 3.17. The van der Waals surface area contributed by atoms with Crippen LogP contribution in [0.15, 0.2) is 58.8 Å². The number of amides is 1. The van der Waals surface area contributed by atoms with Gasteiger partial charge in [0.05, 0.1) is 16.3 Å². The number of anilines is 1. The van der Waals surface area contributed by atoms with Gasteiger partial charge in [0.15, 0.2) is 9.84 Å². The Morgan fingerprint density at radius 1 is 1.25 bits per heavy atom. The lowest BCUT2D eigenvalue weighted by molar-refractivity contribution is -0.125. The van der Waals surface area contributed by atoms with Crippen LogP contribution in [0.4, 0.5) is 5.69 Å². The first-order valence-electron chi connectivity index (χ1n) is 7.18. The van der Waals surface area contributed by atoms with Crippen LogP contribution in [-0.2, 0) is 19.5 Å². The van der Waals surface area contributed by atoms with Gasteiger partial charge >= 0.3 is 0 Å². The van der Waals surface area contributed by atoms with Crippen molar-refractivity contribution in [3.05, 3.63) is 54.4 Å². The molecule has 1 amide bonds. The van der Waals surface area contributed by atoms with Crippen LogP contribution in [0.5, 0.6) is 0 Å². The molecule has 1 aromatic carbocycles. The van der Waals surface area contributed by atoms with E-state index in [1.807, 2.05) is 6.07 Å². The molecule has 124 valence electrons. The Hall–Kier alpha value is -2.74. The fraction of sp³-hybridized carbons (Fsp3) is 0.188. The number of hydrogen-bond donors (Lipinski definition) is 1. The summed E-state index contributed by atoms with van der Waals surface area (Å²) in [5, 5.41) is 6.52. The van der Waals surface area contributed by atoms with Crippen LogP contribution in [0.3, 0.4) is 0 Å². The van der Waals surface area contributed by atoms with Crippen LogP contribution in [0.25, 0.3) is 0 Å². The van der Waals surface area contributed by atoms with Gasteiger partial charge in [0.2, 0.25) is 6.10 Å².